The zero-order valence-electron chi connectivity index (χ0n) is 15.5. The molecule has 158 valence electrons. The normalized spacial score (nSPS) is 33.9. The maximum absolute atomic E-state index is 11.4. The smallest absolute Gasteiger partial charge is 0.336 e. The molecule has 5 N–H and O–H groups in total. The summed E-state index contributed by atoms with van der Waals surface area (Å²) >= 11 is 0. The first-order chi connectivity index (χ1) is 13.7. The maximum atomic E-state index is 11.4. The Hall–Kier alpha value is -2.05. The van der Waals surface area contributed by atoms with Crippen LogP contribution in [0, 0.1) is 0 Å². The maximum Gasteiger partial charge on any atom is 0.336 e. The van der Waals surface area contributed by atoms with E-state index in [9.17, 15) is 30.3 Å². The van der Waals surface area contributed by atoms with Gasteiger partial charge in [-0.2, -0.15) is 0 Å². The fraction of sp³-hybridized carbons (Fsp3) is 0.526. The van der Waals surface area contributed by atoms with E-state index in [2.05, 4.69) is 0 Å². The van der Waals surface area contributed by atoms with Gasteiger partial charge in [0.1, 0.15) is 35.7 Å². The average Bonchev–Trinajstić information content (AvgIpc) is 3.10. The fourth-order valence-electron chi connectivity index (χ4n) is 3.58. The monoisotopic (exact) mass is 410 g/mol. The van der Waals surface area contributed by atoms with Crippen LogP contribution >= 0.6 is 0 Å². The van der Waals surface area contributed by atoms with Crippen LogP contribution in [0.1, 0.15) is 12.5 Å². The average molecular weight is 410 g/mol. The molecule has 1 aromatic carbocycles. The molecule has 1 aromatic heterocycles. The minimum atomic E-state index is -1.96. The molecule has 29 heavy (non-hydrogen) atoms. The molecule has 2 aromatic rings. The summed E-state index contributed by atoms with van der Waals surface area (Å²) in [7, 11) is 0. The number of aliphatic hydroxyl groups excluding tert-OH is 4. The van der Waals surface area contributed by atoms with Crippen LogP contribution < -0.4 is 10.4 Å². The topological polar surface area (TPSA) is 159 Å². The summed E-state index contributed by atoms with van der Waals surface area (Å²) in [6.45, 7) is 0.695. The highest BCUT2D eigenvalue weighted by molar-refractivity contribution is 5.79. The molecule has 0 unspecified atom stereocenters. The molecule has 0 aliphatic carbocycles. The second-order valence-corrected chi connectivity index (χ2v) is 7.43. The Balaban J connectivity index is 1.53. The van der Waals surface area contributed by atoms with E-state index in [1.807, 2.05) is 0 Å². The first-order valence-electron chi connectivity index (χ1n) is 9.14. The fourth-order valence-corrected chi connectivity index (χ4v) is 3.58. The quantitative estimate of drug-likeness (QED) is 0.300. The lowest BCUT2D eigenvalue weighted by molar-refractivity contribution is -0.369. The van der Waals surface area contributed by atoms with Gasteiger partial charge in [0.2, 0.25) is 5.79 Å². The molecule has 7 atom stereocenters. The lowest BCUT2D eigenvalue weighted by atomic mass is 9.99. The Morgan fingerprint density at radius 3 is 2.66 bits per heavy atom. The molecule has 1 fully saturated rings. The van der Waals surface area contributed by atoms with E-state index in [-0.39, 0.29) is 6.42 Å². The van der Waals surface area contributed by atoms with E-state index >= 15 is 0 Å². The van der Waals surface area contributed by atoms with E-state index in [1.165, 1.54) is 13.0 Å². The molecule has 0 spiro atoms. The second-order valence-electron chi connectivity index (χ2n) is 7.43. The van der Waals surface area contributed by atoms with Gasteiger partial charge in [-0.05, 0) is 24.6 Å². The lowest BCUT2D eigenvalue weighted by Gasteiger charge is -2.42. The molecule has 0 bridgehead atoms. The zero-order chi connectivity index (χ0) is 20.9. The summed E-state index contributed by atoms with van der Waals surface area (Å²) < 4.78 is 21.7. The Labute approximate surface area is 164 Å². The van der Waals surface area contributed by atoms with Crippen LogP contribution in [-0.2, 0) is 15.9 Å². The van der Waals surface area contributed by atoms with Crippen molar-refractivity contribution in [3.63, 3.8) is 0 Å². The summed E-state index contributed by atoms with van der Waals surface area (Å²) in [4.78, 5) is 11.4. The highest BCUT2D eigenvalue weighted by Gasteiger charge is 2.49. The third kappa shape index (κ3) is 3.64. The van der Waals surface area contributed by atoms with Crippen LogP contribution in [-0.4, -0.2) is 74.7 Å². The van der Waals surface area contributed by atoms with Gasteiger partial charge < -0.3 is 44.2 Å². The summed E-state index contributed by atoms with van der Waals surface area (Å²) in [5.74, 6) is -1.55. The number of hydrogen-bond acceptors (Lipinski definition) is 10. The SMILES string of the molecule is C[C@@](O)(O[C@@H]1O[C@H](CO)[C@@H](O)[C@@H](O)[C@@H]1O)[C@@H]1Cc2cc3ccc(=O)oc3cc2O1. The molecular formula is C19H22O10. The molecule has 3 heterocycles. The molecule has 4 rings (SSSR count). The van der Waals surface area contributed by atoms with Crippen LogP contribution in [0.3, 0.4) is 0 Å². The Kier molecular flexibility index (Phi) is 5.11. The number of fused-ring (bicyclic) bond motifs is 2. The summed E-state index contributed by atoms with van der Waals surface area (Å²) in [6, 6.07) is 6.26. The van der Waals surface area contributed by atoms with Gasteiger partial charge in [0.25, 0.3) is 0 Å². The van der Waals surface area contributed by atoms with Crippen LogP contribution in [0.2, 0.25) is 0 Å². The standard InChI is InChI=1S/C19H22O10/c1-19(25,29-18-17(24)16(23)15(22)12(7-20)28-18)13-5-9-4-8-2-3-14(21)27-10(8)6-11(9)26-13/h2-4,6,12-13,15-18,20,22-25H,5,7H2,1H3/t12-,13+,15-,16-,17+,18+,19-/m1/s1. The van der Waals surface area contributed by atoms with Gasteiger partial charge in [0.15, 0.2) is 12.4 Å². The molecule has 0 saturated carbocycles. The van der Waals surface area contributed by atoms with Crippen molar-refractivity contribution in [1.82, 2.24) is 0 Å². The molecular weight excluding hydrogens is 388 g/mol. The predicted octanol–water partition coefficient (Wildman–Crippen LogP) is -1.38. The highest BCUT2D eigenvalue weighted by Crippen LogP contribution is 2.37. The molecule has 1 saturated heterocycles. The van der Waals surface area contributed by atoms with E-state index in [0.717, 1.165) is 5.56 Å². The predicted molar refractivity (Wildman–Crippen MR) is 96.1 cm³/mol. The van der Waals surface area contributed by atoms with Gasteiger partial charge in [-0.3, -0.25) is 0 Å². The minimum Gasteiger partial charge on any atom is -0.484 e. The largest absolute Gasteiger partial charge is 0.484 e. The number of aliphatic hydroxyl groups is 5. The van der Waals surface area contributed by atoms with E-state index in [4.69, 9.17) is 18.6 Å². The van der Waals surface area contributed by atoms with Crippen molar-refractivity contribution in [3.8, 4) is 5.75 Å². The number of hydrogen-bond donors (Lipinski definition) is 5. The lowest BCUT2D eigenvalue weighted by Crippen LogP contribution is -2.61. The van der Waals surface area contributed by atoms with Gasteiger partial charge in [-0.1, -0.05) is 0 Å². The third-order valence-corrected chi connectivity index (χ3v) is 5.28. The van der Waals surface area contributed by atoms with Crippen LogP contribution in [0.25, 0.3) is 11.0 Å². The Morgan fingerprint density at radius 1 is 1.17 bits per heavy atom. The van der Waals surface area contributed by atoms with Crippen molar-refractivity contribution in [3.05, 3.63) is 40.2 Å². The van der Waals surface area contributed by atoms with Gasteiger partial charge in [0, 0.05) is 23.9 Å². The van der Waals surface area contributed by atoms with Crippen LogP contribution in [0.5, 0.6) is 5.75 Å². The van der Waals surface area contributed by atoms with Gasteiger partial charge in [-0.25, -0.2) is 4.79 Å². The number of benzene rings is 1. The summed E-state index contributed by atoms with van der Waals surface area (Å²) in [5.41, 5.74) is 0.602. The van der Waals surface area contributed by atoms with Crippen molar-refractivity contribution in [2.75, 3.05) is 6.61 Å². The van der Waals surface area contributed by atoms with Crippen molar-refractivity contribution < 1.29 is 44.2 Å². The highest BCUT2D eigenvalue weighted by atomic mass is 16.8. The van der Waals surface area contributed by atoms with Crippen molar-refractivity contribution in [1.29, 1.82) is 0 Å². The van der Waals surface area contributed by atoms with Crippen LogP contribution in [0.4, 0.5) is 0 Å². The molecule has 10 nitrogen and oxygen atoms in total. The molecule has 2 aliphatic heterocycles. The van der Waals surface area contributed by atoms with E-state index < -0.39 is 54.8 Å². The number of ether oxygens (including phenoxy) is 3. The molecule has 0 amide bonds. The van der Waals surface area contributed by atoms with Crippen LogP contribution in [0.15, 0.2) is 33.5 Å². The summed E-state index contributed by atoms with van der Waals surface area (Å²) in [6.07, 6.45) is -8.12. The number of rotatable bonds is 4. The van der Waals surface area contributed by atoms with E-state index in [1.54, 1.807) is 18.2 Å². The molecule has 10 heteroatoms. The first kappa shape index (κ1) is 20.2. The van der Waals surface area contributed by atoms with Crippen molar-refractivity contribution in [2.45, 2.75) is 55.9 Å². The van der Waals surface area contributed by atoms with Gasteiger partial charge in [-0.15, -0.1) is 0 Å². The van der Waals surface area contributed by atoms with Gasteiger partial charge in [0.05, 0.1) is 6.61 Å². The molecule has 0 radical (unpaired) electrons. The second kappa shape index (κ2) is 7.33. The molecule has 2 aliphatic rings. The Bertz CT molecular complexity index is 952. The first-order valence-corrected chi connectivity index (χ1v) is 9.14. The summed E-state index contributed by atoms with van der Waals surface area (Å²) in [5, 5.41) is 50.6. The van der Waals surface area contributed by atoms with Crippen molar-refractivity contribution in [2.24, 2.45) is 0 Å². The van der Waals surface area contributed by atoms with Crippen molar-refractivity contribution >= 4 is 11.0 Å². The minimum absolute atomic E-state index is 0.259. The third-order valence-electron chi connectivity index (χ3n) is 5.28. The van der Waals surface area contributed by atoms with E-state index in [0.29, 0.717) is 16.7 Å². The zero-order valence-corrected chi connectivity index (χ0v) is 15.5. The Morgan fingerprint density at radius 2 is 1.93 bits per heavy atom. The van der Waals surface area contributed by atoms with Gasteiger partial charge >= 0.3 is 5.63 Å².